The number of carbonyl (C=O) groups excluding carboxylic acids is 1. The highest BCUT2D eigenvalue weighted by Gasteiger charge is 2.28. The molecule has 0 spiro atoms. The molecule has 0 saturated heterocycles. The van der Waals surface area contributed by atoms with Gasteiger partial charge in [0.05, 0.1) is 15.8 Å². The molecule has 0 bridgehead atoms. The molecule has 0 aliphatic rings. The summed E-state index contributed by atoms with van der Waals surface area (Å²) in [5.41, 5.74) is -1.42. The monoisotopic (exact) mass is 324 g/mol. The second kappa shape index (κ2) is 5.53. The predicted octanol–water partition coefficient (Wildman–Crippen LogP) is 0.930. The first-order chi connectivity index (χ1) is 10.2. The number of nitro groups is 1. The van der Waals surface area contributed by atoms with Gasteiger partial charge in [0, 0.05) is 11.6 Å². The molecule has 0 radical (unpaired) electrons. The van der Waals surface area contributed by atoms with Crippen LogP contribution in [-0.4, -0.2) is 19.3 Å². The van der Waals surface area contributed by atoms with E-state index in [0.717, 1.165) is 36.4 Å². The van der Waals surface area contributed by atoms with Gasteiger partial charge in [0.25, 0.3) is 5.69 Å². The Balaban J connectivity index is 2.67. The first-order valence-corrected chi connectivity index (χ1v) is 7.22. The van der Waals surface area contributed by atoms with Crippen LogP contribution < -0.4 is 5.11 Å². The lowest BCUT2D eigenvalue weighted by molar-refractivity contribution is -0.387. The molecule has 114 valence electrons. The number of benzene rings is 2. The Morgan fingerprint density at radius 1 is 1.09 bits per heavy atom. The maximum Gasteiger partial charge on any atom is 0.289 e. The van der Waals surface area contributed by atoms with E-state index in [0.29, 0.717) is 6.07 Å². The molecule has 0 aromatic heterocycles. The van der Waals surface area contributed by atoms with Gasteiger partial charge in [0.1, 0.15) is 10.7 Å². The quantitative estimate of drug-likeness (QED) is 0.469. The lowest BCUT2D eigenvalue weighted by Gasteiger charge is -2.08. The van der Waals surface area contributed by atoms with E-state index in [4.69, 9.17) is 0 Å². The van der Waals surface area contributed by atoms with Gasteiger partial charge in [-0.2, -0.15) is 0 Å². The van der Waals surface area contributed by atoms with Crippen LogP contribution in [0.5, 0.6) is 0 Å². The summed E-state index contributed by atoms with van der Waals surface area (Å²) in [5, 5.41) is 21.7. The van der Waals surface area contributed by atoms with E-state index in [1.165, 1.54) is 0 Å². The molecular formula is C13H7FNO6S-. The number of carboxylic acid groups (broad SMARTS) is 1. The van der Waals surface area contributed by atoms with Crippen LogP contribution in [0.3, 0.4) is 0 Å². The van der Waals surface area contributed by atoms with Gasteiger partial charge in [-0.3, -0.25) is 10.1 Å². The fourth-order valence-electron chi connectivity index (χ4n) is 1.75. The second-order valence-electron chi connectivity index (χ2n) is 4.18. The average molecular weight is 324 g/mol. The molecule has 0 fully saturated rings. The van der Waals surface area contributed by atoms with E-state index in [1.807, 2.05) is 0 Å². The highest BCUT2D eigenvalue weighted by Crippen LogP contribution is 2.30. The topological polar surface area (TPSA) is 117 Å². The summed E-state index contributed by atoms with van der Waals surface area (Å²) in [6, 6.07) is 6.01. The molecule has 0 heterocycles. The number of carboxylic acids is 1. The van der Waals surface area contributed by atoms with Gasteiger partial charge in [-0.15, -0.1) is 0 Å². The van der Waals surface area contributed by atoms with Crippen LogP contribution in [0, 0.1) is 15.9 Å². The molecule has 0 amide bonds. The minimum Gasteiger partial charge on any atom is -0.545 e. The maximum absolute atomic E-state index is 12.9. The summed E-state index contributed by atoms with van der Waals surface area (Å²) in [5.74, 6) is -2.34. The van der Waals surface area contributed by atoms with Crippen molar-refractivity contribution in [3.8, 4) is 0 Å². The van der Waals surface area contributed by atoms with E-state index in [9.17, 15) is 32.8 Å². The van der Waals surface area contributed by atoms with Gasteiger partial charge in [0.2, 0.25) is 9.84 Å². The number of nitro benzene ring substituents is 1. The number of aromatic carboxylic acids is 1. The molecular weight excluding hydrogens is 317 g/mol. The molecule has 0 aliphatic carbocycles. The largest absolute Gasteiger partial charge is 0.545 e. The molecule has 0 unspecified atom stereocenters. The third-order valence-electron chi connectivity index (χ3n) is 2.80. The van der Waals surface area contributed by atoms with Gasteiger partial charge in [0.15, 0.2) is 0 Å². The van der Waals surface area contributed by atoms with Gasteiger partial charge < -0.3 is 9.90 Å². The fraction of sp³-hybridized carbons (Fsp3) is 0. The van der Waals surface area contributed by atoms with Crippen molar-refractivity contribution in [1.29, 1.82) is 0 Å². The highest BCUT2D eigenvalue weighted by molar-refractivity contribution is 7.91. The summed E-state index contributed by atoms with van der Waals surface area (Å²) in [4.78, 5) is 19.7. The van der Waals surface area contributed by atoms with Crippen molar-refractivity contribution in [2.24, 2.45) is 0 Å². The van der Waals surface area contributed by atoms with E-state index >= 15 is 0 Å². The van der Waals surface area contributed by atoms with Crippen LogP contribution in [0.25, 0.3) is 0 Å². The highest BCUT2D eigenvalue weighted by atomic mass is 32.2. The number of hydrogen-bond donors (Lipinski definition) is 0. The fourth-order valence-corrected chi connectivity index (χ4v) is 3.16. The smallest absolute Gasteiger partial charge is 0.289 e. The standard InChI is InChI=1S/C13H8FNO6S/c14-9-2-4-10(5-3-9)22(20,21)12-6-1-8(13(16)17)7-11(12)15(18)19/h1-7H,(H,16,17)/p-1. The Labute approximate surface area is 123 Å². The van der Waals surface area contributed by atoms with Crippen LogP contribution in [-0.2, 0) is 9.84 Å². The van der Waals surface area contributed by atoms with Crippen LogP contribution in [0.1, 0.15) is 10.4 Å². The molecule has 9 heteroatoms. The number of sulfone groups is 1. The summed E-state index contributed by atoms with van der Waals surface area (Å²) in [7, 11) is -4.30. The van der Waals surface area contributed by atoms with Crippen LogP contribution in [0.2, 0.25) is 0 Å². The summed E-state index contributed by atoms with van der Waals surface area (Å²) >= 11 is 0. The van der Waals surface area contributed by atoms with Crippen molar-refractivity contribution in [3.63, 3.8) is 0 Å². The zero-order chi connectivity index (χ0) is 16.5. The Bertz CT molecular complexity index is 861. The molecule has 7 nitrogen and oxygen atoms in total. The zero-order valence-corrected chi connectivity index (χ0v) is 11.5. The number of halogens is 1. The summed E-state index contributed by atoms with van der Waals surface area (Å²) in [6.07, 6.45) is 0. The third kappa shape index (κ3) is 2.79. The second-order valence-corrected chi connectivity index (χ2v) is 6.10. The van der Waals surface area contributed by atoms with Crippen molar-refractivity contribution >= 4 is 21.5 Å². The van der Waals surface area contributed by atoms with E-state index < -0.39 is 42.7 Å². The summed E-state index contributed by atoms with van der Waals surface area (Å²) in [6.45, 7) is 0. The molecule has 0 N–H and O–H groups in total. The first-order valence-electron chi connectivity index (χ1n) is 5.74. The molecule has 2 rings (SSSR count). The Morgan fingerprint density at radius 3 is 2.18 bits per heavy atom. The van der Waals surface area contributed by atoms with Gasteiger partial charge in [-0.25, -0.2) is 12.8 Å². The van der Waals surface area contributed by atoms with Crippen molar-refractivity contribution < 1.29 is 27.6 Å². The van der Waals surface area contributed by atoms with Gasteiger partial charge in [-0.05, 0) is 30.3 Å². The first kappa shape index (κ1) is 15.6. The minimum atomic E-state index is -4.30. The molecule has 0 aliphatic heterocycles. The molecule has 22 heavy (non-hydrogen) atoms. The van der Waals surface area contributed by atoms with Crippen molar-refractivity contribution in [1.82, 2.24) is 0 Å². The molecule has 0 saturated carbocycles. The third-order valence-corrected chi connectivity index (χ3v) is 4.62. The van der Waals surface area contributed by atoms with Gasteiger partial charge >= 0.3 is 0 Å². The number of hydrogen-bond acceptors (Lipinski definition) is 6. The lowest BCUT2D eigenvalue weighted by Crippen LogP contribution is -2.22. The lowest BCUT2D eigenvalue weighted by atomic mass is 10.2. The van der Waals surface area contributed by atoms with Crippen LogP contribution in [0.4, 0.5) is 10.1 Å². The summed E-state index contributed by atoms with van der Waals surface area (Å²) < 4.78 is 37.6. The predicted molar refractivity (Wildman–Crippen MR) is 69.3 cm³/mol. The zero-order valence-electron chi connectivity index (χ0n) is 10.7. The van der Waals surface area contributed by atoms with Crippen LogP contribution in [0.15, 0.2) is 52.3 Å². The maximum atomic E-state index is 12.9. The van der Waals surface area contributed by atoms with Crippen molar-refractivity contribution in [2.75, 3.05) is 0 Å². The molecule has 0 atom stereocenters. The average Bonchev–Trinajstić information content (AvgIpc) is 2.46. The Kier molecular flexibility index (Phi) is 3.91. The Hall–Kier alpha value is -2.81. The van der Waals surface area contributed by atoms with E-state index in [1.54, 1.807) is 0 Å². The van der Waals surface area contributed by atoms with E-state index in [2.05, 4.69) is 0 Å². The number of rotatable bonds is 4. The number of carbonyl (C=O) groups is 1. The Morgan fingerprint density at radius 2 is 1.68 bits per heavy atom. The number of nitrogens with zero attached hydrogens (tertiary/aromatic N) is 1. The van der Waals surface area contributed by atoms with Crippen molar-refractivity contribution in [3.05, 3.63) is 64.0 Å². The minimum absolute atomic E-state index is 0.349. The SMILES string of the molecule is O=C([O-])c1ccc(S(=O)(=O)c2ccc(F)cc2)c([N+](=O)[O-])c1. The van der Waals surface area contributed by atoms with Gasteiger partial charge in [-0.1, -0.05) is 6.07 Å². The van der Waals surface area contributed by atoms with Crippen molar-refractivity contribution in [2.45, 2.75) is 9.79 Å². The van der Waals surface area contributed by atoms with E-state index in [-0.39, 0.29) is 4.90 Å². The normalized spacial score (nSPS) is 11.1. The molecule has 2 aromatic rings. The van der Waals surface area contributed by atoms with Crippen LogP contribution >= 0.6 is 0 Å². The molecule has 2 aromatic carbocycles.